The fourth-order valence-corrected chi connectivity index (χ4v) is 1.78. The van der Waals surface area contributed by atoms with E-state index in [0.29, 0.717) is 32.5 Å². The highest BCUT2D eigenvalue weighted by Crippen LogP contribution is 2.17. The maximum atomic E-state index is 11.7. The van der Waals surface area contributed by atoms with Crippen molar-refractivity contribution in [2.24, 2.45) is 5.92 Å². The van der Waals surface area contributed by atoms with E-state index in [4.69, 9.17) is 9.84 Å². The van der Waals surface area contributed by atoms with E-state index in [1.165, 1.54) is 0 Å². The Labute approximate surface area is 101 Å². The first-order chi connectivity index (χ1) is 8.15. The summed E-state index contributed by atoms with van der Waals surface area (Å²) in [5.74, 6) is -1.12. The number of likely N-dealkylation sites (tertiary alicyclic amines) is 1. The number of hydrogen-bond donors (Lipinski definition) is 1. The summed E-state index contributed by atoms with van der Waals surface area (Å²) in [6, 6.07) is 0. The maximum absolute atomic E-state index is 11.7. The van der Waals surface area contributed by atoms with E-state index in [1.54, 1.807) is 4.90 Å². The second-order valence-electron chi connectivity index (χ2n) is 4.08. The third-order valence-corrected chi connectivity index (χ3v) is 2.87. The molecule has 1 aliphatic heterocycles. The molecule has 0 aromatic heterocycles. The van der Waals surface area contributed by atoms with Crippen LogP contribution < -0.4 is 0 Å². The Morgan fingerprint density at radius 1 is 1.41 bits per heavy atom. The molecule has 1 heterocycles. The topological polar surface area (TPSA) is 66.8 Å². The molecule has 1 N–H and O–H groups in total. The molecule has 0 aromatic carbocycles. The van der Waals surface area contributed by atoms with Gasteiger partial charge < -0.3 is 14.7 Å². The van der Waals surface area contributed by atoms with E-state index in [1.807, 2.05) is 19.1 Å². The van der Waals surface area contributed by atoms with E-state index in [-0.39, 0.29) is 18.4 Å². The zero-order valence-corrected chi connectivity index (χ0v) is 10.1. The van der Waals surface area contributed by atoms with Crippen LogP contribution in [0.4, 0.5) is 0 Å². The molecule has 5 heteroatoms. The quantitative estimate of drug-likeness (QED) is 0.573. The Bertz CT molecular complexity index is 293. The molecule has 1 amide bonds. The molecule has 0 saturated carbocycles. The molecule has 1 rings (SSSR count). The van der Waals surface area contributed by atoms with Crippen LogP contribution in [0.5, 0.6) is 0 Å². The van der Waals surface area contributed by atoms with E-state index < -0.39 is 5.97 Å². The minimum atomic E-state index is -0.763. The van der Waals surface area contributed by atoms with Gasteiger partial charge in [0.25, 0.3) is 0 Å². The summed E-state index contributed by atoms with van der Waals surface area (Å²) >= 11 is 0. The third-order valence-electron chi connectivity index (χ3n) is 2.87. The Hall–Kier alpha value is -1.36. The largest absolute Gasteiger partial charge is 0.481 e. The lowest BCUT2D eigenvalue weighted by atomic mass is 9.97. The number of piperidine rings is 1. The fourth-order valence-electron chi connectivity index (χ4n) is 1.78. The van der Waals surface area contributed by atoms with Crippen molar-refractivity contribution in [1.82, 2.24) is 4.90 Å². The standard InChI is InChI=1S/C12H19NO4/c1-2-3-8-17-9-11(14)13-6-4-10(5-7-13)12(15)16/h2-3,10H,4-9H2,1H3,(H,15,16). The zero-order valence-electron chi connectivity index (χ0n) is 10.1. The number of amides is 1. The van der Waals surface area contributed by atoms with E-state index in [0.717, 1.165) is 0 Å². The number of hydrogen-bond acceptors (Lipinski definition) is 3. The molecule has 1 saturated heterocycles. The van der Waals surface area contributed by atoms with Crippen molar-refractivity contribution in [3.8, 4) is 0 Å². The van der Waals surface area contributed by atoms with Crippen LogP contribution in [0.15, 0.2) is 12.2 Å². The molecule has 5 nitrogen and oxygen atoms in total. The van der Waals surface area contributed by atoms with Crippen molar-refractivity contribution < 1.29 is 19.4 Å². The third kappa shape index (κ3) is 4.56. The van der Waals surface area contributed by atoms with Crippen LogP contribution >= 0.6 is 0 Å². The lowest BCUT2D eigenvalue weighted by molar-refractivity contribution is -0.146. The smallest absolute Gasteiger partial charge is 0.306 e. The number of carbonyl (C=O) groups excluding carboxylic acids is 1. The molecule has 0 aromatic rings. The molecule has 0 atom stereocenters. The molecular weight excluding hydrogens is 222 g/mol. The lowest BCUT2D eigenvalue weighted by Gasteiger charge is -2.29. The molecule has 0 aliphatic carbocycles. The molecular formula is C12H19NO4. The Morgan fingerprint density at radius 3 is 2.59 bits per heavy atom. The van der Waals surface area contributed by atoms with Crippen molar-refractivity contribution in [2.75, 3.05) is 26.3 Å². The van der Waals surface area contributed by atoms with Gasteiger partial charge in [-0.1, -0.05) is 12.2 Å². The highest BCUT2D eigenvalue weighted by atomic mass is 16.5. The number of allylic oxidation sites excluding steroid dienone is 1. The van der Waals surface area contributed by atoms with E-state index in [2.05, 4.69) is 0 Å². The molecule has 0 bridgehead atoms. The summed E-state index contributed by atoms with van der Waals surface area (Å²) in [4.78, 5) is 24.1. The Morgan fingerprint density at radius 2 is 2.06 bits per heavy atom. The van der Waals surface area contributed by atoms with Crippen molar-refractivity contribution in [3.63, 3.8) is 0 Å². The number of aliphatic carboxylic acids is 1. The molecule has 96 valence electrons. The summed E-state index contributed by atoms with van der Waals surface area (Å²) in [7, 11) is 0. The number of carboxylic acids is 1. The lowest BCUT2D eigenvalue weighted by Crippen LogP contribution is -2.41. The summed E-state index contributed by atoms with van der Waals surface area (Å²) in [6.45, 7) is 3.43. The van der Waals surface area contributed by atoms with Gasteiger partial charge in [-0.05, 0) is 19.8 Å². The van der Waals surface area contributed by atoms with Crippen molar-refractivity contribution in [2.45, 2.75) is 19.8 Å². The van der Waals surface area contributed by atoms with E-state index >= 15 is 0 Å². The number of rotatable bonds is 5. The molecule has 0 radical (unpaired) electrons. The van der Waals surface area contributed by atoms with Gasteiger partial charge in [-0.3, -0.25) is 9.59 Å². The van der Waals surface area contributed by atoms with E-state index in [9.17, 15) is 9.59 Å². The first-order valence-corrected chi connectivity index (χ1v) is 5.84. The van der Waals surface area contributed by atoms with Gasteiger partial charge in [0.05, 0.1) is 12.5 Å². The SMILES string of the molecule is CC=CCOCC(=O)N1CCC(C(=O)O)CC1. The number of carbonyl (C=O) groups is 2. The van der Waals surface area contributed by atoms with Gasteiger partial charge in [0.2, 0.25) is 5.91 Å². The monoisotopic (exact) mass is 241 g/mol. The van der Waals surface area contributed by atoms with Gasteiger partial charge in [-0.25, -0.2) is 0 Å². The maximum Gasteiger partial charge on any atom is 0.306 e. The van der Waals surface area contributed by atoms with Gasteiger partial charge in [0, 0.05) is 13.1 Å². The van der Waals surface area contributed by atoms with Crippen LogP contribution in [0.1, 0.15) is 19.8 Å². The zero-order chi connectivity index (χ0) is 12.7. The van der Waals surface area contributed by atoms with Gasteiger partial charge in [0.1, 0.15) is 6.61 Å². The minimum absolute atomic E-state index is 0.0571. The average Bonchev–Trinajstić information content (AvgIpc) is 2.34. The van der Waals surface area contributed by atoms with Crippen LogP contribution in [0.2, 0.25) is 0 Å². The molecule has 0 unspecified atom stereocenters. The first-order valence-electron chi connectivity index (χ1n) is 5.84. The normalized spacial score (nSPS) is 17.6. The molecule has 0 spiro atoms. The number of nitrogens with zero attached hydrogens (tertiary/aromatic N) is 1. The summed E-state index contributed by atoms with van der Waals surface area (Å²) < 4.78 is 5.17. The van der Waals surface area contributed by atoms with Crippen molar-refractivity contribution >= 4 is 11.9 Å². The Balaban J connectivity index is 2.23. The minimum Gasteiger partial charge on any atom is -0.481 e. The molecule has 17 heavy (non-hydrogen) atoms. The second-order valence-corrected chi connectivity index (χ2v) is 4.08. The summed E-state index contributed by atoms with van der Waals surface area (Å²) in [6.07, 6.45) is 4.78. The van der Waals surface area contributed by atoms with Crippen LogP contribution in [0.25, 0.3) is 0 Å². The first kappa shape index (κ1) is 13.7. The van der Waals surface area contributed by atoms with Gasteiger partial charge >= 0.3 is 5.97 Å². The summed E-state index contributed by atoms with van der Waals surface area (Å²) in [5, 5.41) is 8.83. The summed E-state index contributed by atoms with van der Waals surface area (Å²) in [5.41, 5.74) is 0. The van der Waals surface area contributed by atoms with Gasteiger partial charge in [0.15, 0.2) is 0 Å². The van der Waals surface area contributed by atoms with Crippen molar-refractivity contribution in [3.05, 3.63) is 12.2 Å². The van der Waals surface area contributed by atoms with Crippen LogP contribution in [-0.4, -0.2) is 48.2 Å². The fraction of sp³-hybridized carbons (Fsp3) is 0.667. The predicted molar refractivity (Wildman–Crippen MR) is 62.6 cm³/mol. The highest BCUT2D eigenvalue weighted by molar-refractivity contribution is 5.78. The predicted octanol–water partition coefficient (Wildman–Crippen LogP) is 0.902. The van der Waals surface area contributed by atoms with Gasteiger partial charge in [-0.2, -0.15) is 0 Å². The Kier molecular flexibility index (Phi) is 5.69. The average molecular weight is 241 g/mol. The second kappa shape index (κ2) is 7.06. The van der Waals surface area contributed by atoms with Crippen LogP contribution in [0.3, 0.4) is 0 Å². The molecule has 1 fully saturated rings. The highest BCUT2D eigenvalue weighted by Gasteiger charge is 2.26. The van der Waals surface area contributed by atoms with Crippen LogP contribution in [-0.2, 0) is 14.3 Å². The number of carboxylic acid groups (broad SMARTS) is 1. The van der Waals surface area contributed by atoms with Crippen molar-refractivity contribution in [1.29, 1.82) is 0 Å². The van der Waals surface area contributed by atoms with Crippen LogP contribution in [0, 0.1) is 5.92 Å². The number of ether oxygens (including phenoxy) is 1. The van der Waals surface area contributed by atoms with Gasteiger partial charge in [-0.15, -0.1) is 0 Å². The molecule has 1 aliphatic rings.